The number of hydrogen-bond acceptors (Lipinski definition) is 3. The highest BCUT2D eigenvalue weighted by Crippen LogP contribution is 2.24. The molecule has 3 rings (SSSR count). The first-order valence-electron chi connectivity index (χ1n) is 4.96. The summed E-state index contributed by atoms with van der Waals surface area (Å²) in [4.78, 5) is 15.2. The fourth-order valence-electron chi connectivity index (χ4n) is 1.75. The van der Waals surface area contributed by atoms with Crippen molar-refractivity contribution in [2.24, 2.45) is 0 Å². The number of carbonyl (C=O) groups excluding carboxylic acids is 1. The summed E-state index contributed by atoms with van der Waals surface area (Å²) in [6.45, 7) is 0. The summed E-state index contributed by atoms with van der Waals surface area (Å²) in [7, 11) is 0. The highest BCUT2D eigenvalue weighted by molar-refractivity contribution is 9.10. The number of pyridine rings is 1. The van der Waals surface area contributed by atoms with Gasteiger partial charge >= 0.3 is 0 Å². The largest absolute Gasteiger partial charge is 0.461 e. The van der Waals surface area contributed by atoms with Crippen LogP contribution in [0.15, 0.2) is 45.6 Å². The topological polar surface area (TPSA) is 47.5 Å². The molecule has 0 atom stereocenters. The molecule has 3 heterocycles. The molecule has 0 saturated heterocycles. The zero-order valence-electron chi connectivity index (χ0n) is 8.63. The van der Waals surface area contributed by atoms with Gasteiger partial charge in [-0.2, -0.15) is 0 Å². The van der Waals surface area contributed by atoms with Crippen molar-refractivity contribution in [2.45, 2.75) is 0 Å². The van der Waals surface area contributed by atoms with Gasteiger partial charge in [0, 0.05) is 10.7 Å². The second kappa shape index (κ2) is 3.85. The highest BCUT2D eigenvalue weighted by Gasteiger charge is 2.13. The maximum atomic E-state index is 11.0. The van der Waals surface area contributed by atoms with Crippen LogP contribution >= 0.6 is 15.9 Å². The highest BCUT2D eigenvalue weighted by atomic mass is 79.9. The second-order valence-corrected chi connectivity index (χ2v) is 4.43. The predicted octanol–water partition coefficient (Wildman–Crippen LogP) is 3.17. The molecule has 0 radical (unpaired) electrons. The van der Waals surface area contributed by atoms with Gasteiger partial charge in [-0.25, -0.2) is 4.98 Å². The maximum absolute atomic E-state index is 11.0. The zero-order chi connectivity index (χ0) is 11.8. The third kappa shape index (κ3) is 1.59. The normalized spacial score (nSPS) is 10.9. The molecule has 84 valence electrons. The van der Waals surface area contributed by atoms with Gasteiger partial charge < -0.3 is 4.42 Å². The SMILES string of the molecule is O=Cc1nc(-c2ccco2)n2cc(Br)ccc12. The number of carbonyl (C=O) groups is 1. The van der Waals surface area contributed by atoms with E-state index < -0.39 is 0 Å². The zero-order valence-corrected chi connectivity index (χ0v) is 10.2. The molecular formula is C12H7BrN2O2. The number of hydrogen-bond donors (Lipinski definition) is 0. The van der Waals surface area contributed by atoms with Gasteiger partial charge in [0.2, 0.25) is 0 Å². The summed E-state index contributed by atoms with van der Waals surface area (Å²) >= 11 is 3.39. The van der Waals surface area contributed by atoms with Gasteiger partial charge in [-0.15, -0.1) is 0 Å². The third-order valence-electron chi connectivity index (χ3n) is 2.48. The first kappa shape index (κ1) is 10.3. The van der Waals surface area contributed by atoms with E-state index in [0.717, 1.165) is 16.3 Å². The van der Waals surface area contributed by atoms with Gasteiger partial charge in [-0.1, -0.05) is 0 Å². The number of aromatic nitrogens is 2. The fourth-order valence-corrected chi connectivity index (χ4v) is 2.09. The van der Waals surface area contributed by atoms with Gasteiger partial charge in [-0.05, 0) is 40.2 Å². The molecule has 3 aromatic rings. The van der Waals surface area contributed by atoms with Crippen molar-refractivity contribution < 1.29 is 9.21 Å². The summed E-state index contributed by atoms with van der Waals surface area (Å²) in [5.41, 5.74) is 1.17. The first-order valence-corrected chi connectivity index (χ1v) is 5.75. The quantitative estimate of drug-likeness (QED) is 0.681. The molecule has 0 N–H and O–H groups in total. The summed E-state index contributed by atoms with van der Waals surface area (Å²) in [5.74, 6) is 1.25. The Balaban J connectivity index is 2.38. The minimum atomic E-state index is 0.406. The Morgan fingerprint density at radius 3 is 2.94 bits per heavy atom. The number of nitrogens with zero attached hydrogens (tertiary/aromatic N) is 2. The third-order valence-corrected chi connectivity index (χ3v) is 2.95. The molecule has 5 heteroatoms. The summed E-state index contributed by atoms with van der Waals surface area (Å²) in [6, 6.07) is 7.31. The van der Waals surface area contributed by atoms with Crippen LogP contribution in [-0.4, -0.2) is 15.7 Å². The Bertz CT molecular complexity index is 686. The van der Waals surface area contributed by atoms with E-state index in [0.29, 0.717) is 17.3 Å². The lowest BCUT2D eigenvalue weighted by Gasteiger charge is -1.98. The van der Waals surface area contributed by atoms with Crippen LogP contribution in [0, 0.1) is 0 Å². The van der Waals surface area contributed by atoms with Crippen molar-refractivity contribution >= 4 is 27.7 Å². The van der Waals surface area contributed by atoms with E-state index in [9.17, 15) is 4.79 Å². The molecule has 0 bridgehead atoms. The van der Waals surface area contributed by atoms with Crippen LogP contribution in [0.3, 0.4) is 0 Å². The molecular weight excluding hydrogens is 284 g/mol. The predicted molar refractivity (Wildman–Crippen MR) is 66.0 cm³/mol. The molecule has 0 amide bonds. The summed E-state index contributed by atoms with van der Waals surface area (Å²) < 4.78 is 8.05. The monoisotopic (exact) mass is 290 g/mol. The Morgan fingerprint density at radius 1 is 1.35 bits per heavy atom. The molecule has 17 heavy (non-hydrogen) atoms. The summed E-state index contributed by atoms with van der Waals surface area (Å²) in [6.07, 6.45) is 4.18. The lowest BCUT2D eigenvalue weighted by molar-refractivity contribution is 0.112. The van der Waals surface area contributed by atoms with Crippen LogP contribution < -0.4 is 0 Å². The number of aldehydes is 1. The van der Waals surface area contributed by atoms with E-state index in [1.54, 1.807) is 12.3 Å². The van der Waals surface area contributed by atoms with Crippen molar-refractivity contribution in [3.05, 3.63) is 46.9 Å². The van der Waals surface area contributed by atoms with Crippen molar-refractivity contribution in [2.75, 3.05) is 0 Å². The van der Waals surface area contributed by atoms with Gasteiger partial charge in [0.15, 0.2) is 17.9 Å². The molecule has 0 aliphatic heterocycles. The average molecular weight is 291 g/mol. The van der Waals surface area contributed by atoms with Crippen LogP contribution in [0.5, 0.6) is 0 Å². The minimum Gasteiger partial charge on any atom is -0.461 e. The van der Waals surface area contributed by atoms with E-state index in [-0.39, 0.29) is 0 Å². The van der Waals surface area contributed by atoms with Crippen LogP contribution in [0.1, 0.15) is 10.5 Å². The molecule has 0 aliphatic rings. The minimum absolute atomic E-state index is 0.406. The van der Waals surface area contributed by atoms with Crippen LogP contribution in [-0.2, 0) is 0 Å². The van der Waals surface area contributed by atoms with E-state index in [1.807, 2.05) is 28.8 Å². The van der Waals surface area contributed by atoms with E-state index in [1.165, 1.54) is 0 Å². The van der Waals surface area contributed by atoms with E-state index >= 15 is 0 Å². The molecule has 0 unspecified atom stereocenters. The Hall–Kier alpha value is -1.88. The number of furan rings is 1. The molecule has 0 fully saturated rings. The smallest absolute Gasteiger partial charge is 0.181 e. The van der Waals surface area contributed by atoms with Gasteiger partial charge in [-0.3, -0.25) is 9.20 Å². The molecule has 0 spiro atoms. The second-order valence-electron chi connectivity index (χ2n) is 3.52. The van der Waals surface area contributed by atoms with Crippen LogP contribution in [0.2, 0.25) is 0 Å². The summed E-state index contributed by atoms with van der Waals surface area (Å²) in [5, 5.41) is 0. The molecule has 4 nitrogen and oxygen atoms in total. The van der Waals surface area contributed by atoms with Gasteiger partial charge in [0.1, 0.15) is 5.69 Å². The molecule has 3 aromatic heterocycles. The van der Waals surface area contributed by atoms with Crippen molar-refractivity contribution in [3.8, 4) is 11.6 Å². The molecule has 0 aliphatic carbocycles. The van der Waals surface area contributed by atoms with E-state index in [4.69, 9.17) is 4.42 Å². The van der Waals surface area contributed by atoms with Crippen LogP contribution in [0.25, 0.3) is 17.1 Å². The van der Waals surface area contributed by atoms with Crippen molar-refractivity contribution in [3.63, 3.8) is 0 Å². The van der Waals surface area contributed by atoms with Gasteiger partial charge in [0.25, 0.3) is 0 Å². The Morgan fingerprint density at radius 2 is 2.24 bits per heavy atom. The van der Waals surface area contributed by atoms with E-state index in [2.05, 4.69) is 20.9 Å². The standard InChI is InChI=1S/C12H7BrN2O2/c13-8-3-4-10-9(7-16)14-12(15(10)6-8)11-2-1-5-17-11/h1-7H. The van der Waals surface area contributed by atoms with Crippen molar-refractivity contribution in [1.82, 2.24) is 9.38 Å². The van der Waals surface area contributed by atoms with Gasteiger partial charge in [0.05, 0.1) is 11.8 Å². The Labute approximate surface area is 105 Å². The Kier molecular flexibility index (Phi) is 2.33. The number of rotatable bonds is 2. The molecule has 0 aromatic carbocycles. The molecule has 0 saturated carbocycles. The number of halogens is 1. The number of fused-ring (bicyclic) bond motifs is 1. The maximum Gasteiger partial charge on any atom is 0.181 e. The number of imidazole rings is 1. The lowest BCUT2D eigenvalue weighted by Crippen LogP contribution is -1.87. The van der Waals surface area contributed by atoms with Crippen LogP contribution in [0.4, 0.5) is 0 Å². The first-order chi connectivity index (χ1) is 8.29. The lowest BCUT2D eigenvalue weighted by atomic mass is 10.3. The van der Waals surface area contributed by atoms with Crippen molar-refractivity contribution in [1.29, 1.82) is 0 Å². The fraction of sp³-hybridized carbons (Fsp3) is 0. The average Bonchev–Trinajstić information content (AvgIpc) is 2.94.